The first-order valence-electron chi connectivity index (χ1n) is 6.33. The molecule has 122 valence electrons. The molecule has 0 spiro atoms. The van der Waals surface area contributed by atoms with Gasteiger partial charge in [-0.05, 0) is 13.1 Å². The smallest absolute Gasteiger partial charge is 0.304 e. The van der Waals surface area contributed by atoms with Gasteiger partial charge < -0.3 is 15.3 Å². The molecule has 0 saturated carbocycles. The van der Waals surface area contributed by atoms with Crippen molar-refractivity contribution in [2.24, 2.45) is 0 Å². The van der Waals surface area contributed by atoms with Gasteiger partial charge in [0.25, 0.3) is 5.69 Å². The molecule has 0 aromatic heterocycles. The maximum Gasteiger partial charge on any atom is 0.304 e. The minimum Gasteiger partial charge on any atom is -0.481 e. The number of carboxylic acids is 1. The number of amides is 1. The lowest BCUT2D eigenvalue weighted by Crippen LogP contribution is -2.26. The molecule has 0 bridgehead atoms. The van der Waals surface area contributed by atoms with Crippen LogP contribution in [-0.2, 0) is 9.59 Å². The number of benzene rings is 1. The van der Waals surface area contributed by atoms with E-state index in [0.717, 1.165) is 0 Å². The normalized spacial score (nSPS) is 9.91. The van der Waals surface area contributed by atoms with Gasteiger partial charge >= 0.3 is 5.97 Å². The number of nitrogens with one attached hydrogen (secondary N) is 1. The van der Waals surface area contributed by atoms with Crippen LogP contribution in [-0.4, -0.2) is 46.9 Å². The van der Waals surface area contributed by atoms with Gasteiger partial charge in [-0.2, -0.15) is 0 Å². The second kappa shape index (κ2) is 9.69. The Morgan fingerprint density at radius 1 is 1.27 bits per heavy atom. The summed E-state index contributed by atoms with van der Waals surface area (Å²) < 4.78 is 0. The van der Waals surface area contributed by atoms with Crippen molar-refractivity contribution < 1.29 is 19.6 Å². The summed E-state index contributed by atoms with van der Waals surface area (Å²) in [6, 6.07) is 5.90. The number of carbonyl (C=O) groups excluding carboxylic acids is 1. The lowest BCUT2D eigenvalue weighted by molar-refractivity contribution is -0.383. The van der Waals surface area contributed by atoms with E-state index in [2.05, 4.69) is 5.32 Å². The van der Waals surface area contributed by atoms with Gasteiger partial charge in [-0.25, -0.2) is 0 Å². The molecule has 2 N–H and O–H groups in total. The summed E-state index contributed by atoms with van der Waals surface area (Å²) in [4.78, 5) is 34.1. The van der Waals surface area contributed by atoms with Gasteiger partial charge in [0, 0.05) is 25.6 Å². The van der Waals surface area contributed by atoms with Crippen molar-refractivity contribution in [3.05, 3.63) is 34.4 Å². The Morgan fingerprint density at radius 2 is 1.86 bits per heavy atom. The van der Waals surface area contributed by atoms with E-state index in [-0.39, 0.29) is 42.5 Å². The van der Waals surface area contributed by atoms with Crippen molar-refractivity contribution in [1.29, 1.82) is 0 Å². The van der Waals surface area contributed by atoms with Gasteiger partial charge in [0.2, 0.25) is 5.91 Å². The number of nitrogens with zero attached hydrogens (tertiary/aromatic N) is 2. The fourth-order valence-electron chi connectivity index (χ4n) is 1.64. The molecule has 0 atom stereocenters. The molecule has 0 unspecified atom stereocenters. The average Bonchev–Trinajstić information content (AvgIpc) is 2.43. The van der Waals surface area contributed by atoms with E-state index in [9.17, 15) is 19.7 Å². The number of rotatable bonds is 8. The predicted octanol–water partition coefficient (Wildman–Crippen LogP) is 1.75. The molecule has 22 heavy (non-hydrogen) atoms. The molecule has 1 aromatic carbocycles. The lowest BCUT2D eigenvalue weighted by atomic mass is 10.2. The topological polar surface area (TPSA) is 113 Å². The molecule has 0 aliphatic carbocycles. The minimum atomic E-state index is -0.897. The Balaban J connectivity index is 0.00000441. The molecule has 8 nitrogen and oxygen atoms in total. The Kier molecular flexibility index (Phi) is 8.73. The number of carbonyl (C=O) groups is 2. The summed E-state index contributed by atoms with van der Waals surface area (Å²) in [5, 5.41) is 21.8. The third-order valence-electron chi connectivity index (χ3n) is 2.80. The van der Waals surface area contributed by atoms with Crippen LogP contribution < -0.4 is 5.32 Å². The highest BCUT2D eigenvalue weighted by Crippen LogP contribution is 2.23. The molecular weight excluding hydrogens is 314 g/mol. The summed E-state index contributed by atoms with van der Waals surface area (Å²) in [7, 11) is 1.71. The highest BCUT2D eigenvalue weighted by Gasteiger charge is 2.14. The number of carboxylic acid groups (broad SMARTS) is 1. The molecule has 0 fully saturated rings. The monoisotopic (exact) mass is 331 g/mol. The molecule has 0 saturated heterocycles. The summed E-state index contributed by atoms with van der Waals surface area (Å²) in [6.45, 7) is 0.716. The first-order chi connectivity index (χ1) is 9.90. The van der Waals surface area contributed by atoms with E-state index in [0.29, 0.717) is 13.1 Å². The van der Waals surface area contributed by atoms with Gasteiger partial charge in [-0.3, -0.25) is 19.7 Å². The van der Waals surface area contributed by atoms with E-state index in [4.69, 9.17) is 5.11 Å². The van der Waals surface area contributed by atoms with Crippen LogP contribution in [0.5, 0.6) is 0 Å². The van der Waals surface area contributed by atoms with Crippen molar-refractivity contribution in [3.63, 3.8) is 0 Å². The van der Waals surface area contributed by atoms with E-state index < -0.39 is 10.9 Å². The lowest BCUT2D eigenvalue weighted by Gasteiger charge is -2.14. The van der Waals surface area contributed by atoms with Crippen LogP contribution in [0.4, 0.5) is 11.4 Å². The second-order valence-corrected chi connectivity index (χ2v) is 4.52. The van der Waals surface area contributed by atoms with Crippen LogP contribution in [0.25, 0.3) is 0 Å². The SMILES string of the molecule is CN(CCC(=O)O)CCC(=O)Nc1ccccc1[N+](=O)[O-].Cl. The van der Waals surface area contributed by atoms with Crippen molar-refractivity contribution in [3.8, 4) is 0 Å². The van der Waals surface area contributed by atoms with Crippen LogP contribution in [0, 0.1) is 10.1 Å². The molecule has 0 aliphatic rings. The fourth-order valence-corrected chi connectivity index (χ4v) is 1.64. The van der Waals surface area contributed by atoms with E-state index in [1.807, 2.05) is 0 Å². The van der Waals surface area contributed by atoms with Gasteiger partial charge in [0.1, 0.15) is 5.69 Å². The van der Waals surface area contributed by atoms with Crippen molar-refractivity contribution in [2.45, 2.75) is 12.8 Å². The molecule has 1 rings (SSSR count). The van der Waals surface area contributed by atoms with Gasteiger partial charge in [0.15, 0.2) is 0 Å². The molecule has 0 radical (unpaired) electrons. The maximum absolute atomic E-state index is 11.8. The molecule has 0 aliphatic heterocycles. The largest absolute Gasteiger partial charge is 0.481 e. The van der Waals surface area contributed by atoms with E-state index in [1.54, 1.807) is 18.0 Å². The van der Waals surface area contributed by atoms with Crippen molar-refractivity contribution in [1.82, 2.24) is 4.90 Å². The average molecular weight is 332 g/mol. The van der Waals surface area contributed by atoms with Crippen LogP contribution in [0.3, 0.4) is 0 Å². The Labute approximate surface area is 133 Å². The standard InChI is InChI=1S/C13H17N3O5.ClH/c1-15(9-7-13(18)19)8-6-12(17)14-10-4-2-3-5-11(10)16(20)21;/h2-5H,6-9H2,1H3,(H,14,17)(H,18,19);1H. The number of hydrogen-bond acceptors (Lipinski definition) is 5. The summed E-state index contributed by atoms with van der Waals surface area (Å²) in [5.41, 5.74) is -0.00855. The summed E-state index contributed by atoms with van der Waals surface area (Å²) in [6.07, 6.45) is 0.129. The number of hydrogen-bond donors (Lipinski definition) is 2. The zero-order chi connectivity index (χ0) is 15.8. The van der Waals surface area contributed by atoms with Crippen molar-refractivity contribution >= 4 is 35.7 Å². The van der Waals surface area contributed by atoms with Crippen molar-refractivity contribution in [2.75, 3.05) is 25.5 Å². The molecule has 1 amide bonds. The summed E-state index contributed by atoms with van der Waals surface area (Å²) >= 11 is 0. The zero-order valence-electron chi connectivity index (χ0n) is 12.0. The maximum atomic E-state index is 11.8. The predicted molar refractivity (Wildman–Crippen MR) is 83.3 cm³/mol. The number of nitro benzene ring substituents is 1. The first kappa shape index (κ1) is 19.8. The third-order valence-corrected chi connectivity index (χ3v) is 2.80. The van der Waals surface area contributed by atoms with Crippen LogP contribution in [0.2, 0.25) is 0 Å². The Morgan fingerprint density at radius 3 is 2.45 bits per heavy atom. The first-order valence-corrected chi connectivity index (χ1v) is 6.33. The minimum absolute atomic E-state index is 0. The molecule has 9 heteroatoms. The van der Waals surface area contributed by atoms with E-state index in [1.165, 1.54) is 18.2 Å². The number of nitro groups is 1. The van der Waals surface area contributed by atoms with Crippen LogP contribution >= 0.6 is 12.4 Å². The fraction of sp³-hybridized carbons (Fsp3) is 0.385. The molecular formula is C13H18ClN3O5. The highest BCUT2D eigenvalue weighted by molar-refractivity contribution is 5.93. The molecule has 1 aromatic rings. The van der Waals surface area contributed by atoms with Crippen LogP contribution in [0.1, 0.15) is 12.8 Å². The number of aliphatic carboxylic acids is 1. The molecule has 0 heterocycles. The summed E-state index contributed by atoms with van der Waals surface area (Å²) in [5.74, 6) is -1.25. The van der Waals surface area contributed by atoms with E-state index >= 15 is 0 Å². The van der Waals surface area contributed by atoms with Gasteiger partial charge in [-0.15, -0.1) is 12.4 Å². The quantitative estimate of drug-likeness (QED) is 0.554. The third kappa shape index (κ3) is 7.00. The van der Waals surface area contributed by atoms with Gasteiger partial charge in [-0.1, -0.05) is 12.1 Å². The Bertz CT molecular complexity index is 538. The zero-order valence-corrected chi connectivity index (χ0v) is 12.8. The Hall–Kier alpha value is -2.19. The highest BCUT2D eigenvalue weighted by atomic mass is 35.5. The number of anilines is 1. The van der Waals surface area contributed by atoms with Gasteiger partial charge in [0.05, 0.1) is 11.3 Å². The number of halogens is 1. The van der Waals surface area contributed by atoms with Crippen LogP contribution in [0.15, 0.2) is 24.3 Å². The number of para-hydroxylation sites is 2. The second-order valence-electron chi connectivity index (χ2n) is 4.52.